The maximum Gasteiger partial charge on any atom is 0.242 e. The van der Waals surface area contributed by atoms with Gasteiger partial charge in [-0.25, -0.2) is 12.7 Å². The molecule has 2 N–H and O–H groups in total. The molecule has 0 bridgehead atoms. The molecule has 2 unspecified atom stereocenters. The third-order valence-corrected chi connectivity index (χ3v) is 6.72. The van der Waals surface area contributed by atoms with E-state index in [1.807, 2.05) is 11.8 Å². The summed E-state index contributed by atoms with van der Waals surface area (Å²) < 4.78 is 25.4. The third kappa shape index (κ3) is 4.53. The second-order valence-corrected chi connectivity index (χ2v) is 9.25. The van der Waals surface area contributed by atoms with Crippen LogP contribution in [-0.4, -0.2) is 57.3 Å². The molecule has 0 aromatic heterocycles. The summed E-state index contributed by atoms with van der Waals surface area (Å²) in [5.41, 5.74) is 6.62. The van der Waals surface area contributed by atoms with E-state index in [1.165, 1.54) is 18.4 Å². The van der Waals surface area contributed by atoms with Crippen LogP contribution in [-0.2, 0) is 14.8 Å². The van der Waals surface area contributed by atoms with Gasteiger partial charge in [-0.1, -0.05) is 19.1 Å². The Hall–Kier alpha value is -1.15. The first kappa shape index (κ1) is 21.9. The molecule has 2 atom stereocenters. The first-order chi connectivity index (χ1) is 11.1. The van der Waals surface area contributed by atoms with Gasteiger partial charge in [0.05, 0.1) is 10.8 Å². The highest BCUT2D eigenvalue weighted by molar-refractivity contribution is 7.89. The van der Waals surface area contributed by atoms with Crippen molar-refractivity contribution in [3.63, 3.8) is 0 Å². The summed E-state index contributed by atoms with van der Waals surface area (Å²) in [6.07, 6.45) is 0.919. The van der Waals surface area contributed by atoms with Crippen LogP contribution in [0.2, 0.25) is 0 Å². The largest absolute Gasteiger partial charge is 0.342 e. The van der Waals surface area contributed by atoms with Crippen molar-refractivity contribution in [1.29, 1.82) is 0 Å². The average molecular weight is 390 g/mol. The van der Waals surface area contributed by atoms with Crippen molar-refractivity contribution in [1.82, 2.24) is 9.21 Å². The van der Waals surface area contributed by atoms with Gasteiger partial charge in [-0.05, 0) is 43.0 Å². The molecule has 1 fully saturated rings. The van der Waals surface area contributed by atoms with E-state index in [2.05, 4.69) is 6.92 Å². The molecule has 0 spiro atoms. The standard InChI is InChI=1S/C17H27N3O3S.ClH/c1-13(16(21)20-10-9-17(2,11-18)12-20)14-5-7-15(8-6-14)24(22,23)19(3)4;/h5-8,13H,9-12,18H2,1-4H3;1H. The first-order valence-electron chi connectivity index (χ1n) is 8.12. The number of carbonyl (C=O) groups excluding carboxylic acids is 1. The summed E-state index contributed by atoms with van der Waals surface area (Å²) in [4.78, 5) is 14.8. The van der Waals surface area contributed by atoms with Gasteiger partial charge in [0, 0.05) is 27.2 Å². The Kier molecular flexibility index (Phi) is 7.03. The highest BCUT2D eigenvalue weighted by atomic mass is 35.5. The molecule has 1 heterocycles. The summed E-state index contributed by atoms with van der Waals surface area (Å²) in [5.74, 6) is -0.239. The Morgan fingerprint density at radius 3 is 2.32 bits per heavy atom. The van der Waals surface area contributed by atoms with Gasteiger partial charge in [0.2, 0.25) is 15.9 Å². The van der Waals surface area contributed by atoms with E-state index < -0.39 is 10.0 Å². The minimum atomic E-state index is -3.45. The Morgan fingerprint density at radius 1 is 1.32 bits per heavy atom. The van der Waals surface area contributed by atoms with Crippen molar-refractivity contribution in [2.24, 2.45) is 11.1 Å². The number of carbonyl (C=O) groups is 1. The number of benzene rings is 1. The molecule has 0 saturated carbocycles. The number of amides is 1. The van der Waals surface area contributed by atoms with Gasteiger partial charge in [-0.3, -0.25) is 4.79 Å². The van der Waals surface area contributed by atoms with Crippen molar-refractivity contribution in [2.45, 2.75) is 31.1 Å². The number of halogens is 1. The lowest BCUT2D eigenvalue weighted by molar-refractivity contribution is -0.131. The Labute approximate surface area is 156 Å². The van der Waals surface area contributed by atoms with Gasteiger partial charge in [-0.15, -0.1) is 12.4 Å². The molecule has 1 amide bonds. The minimum Gasteiger partial charge on any atom is -0.342 e. The van der Waals surface area contributed by atoms with E-state index in [1.54, 1.807) is 24.3 Å². The normalized spacial score (nSPS) is 21.9. The zero-order chi connectivity index (χ0) is 18.1. The zero-order valence-electron chi connectivity index (χ0n) is 15.2. The Bertz CT molecular complexity index is 706. The van der Waals surface area contributed by atoms with E-state index in [0.717, 1.165) is 18.5 Å². The lowest BCUT2D eigenvalue weighted by Crippen LogP contribution is -2.36. The fraction of sp³-hybridized carbons (Fsp3) is 0.588. The maximum absolute atomic E-state index is 12.7. The fourth-order valence-electron chi connectivity index (χ4n) is 2.93. The number of likely N-dealkylation sites (tertiary alicyclic amines) is 1. The van der Waals surface area contributed by atoms with E-state index >= 15 is 0 Å². The fourth-order valence-corrected chi connectivity index (χ4v) is 3.84. The second kappa shape index (κ2) is 8.03. The molecule has 6 nitrogen and oxygen atoms in total. The van der Waals surface area contributed by atoms with Gasteiger partial charge in [-0.2, -0.15) is 0 Å². The highest BCUT2D eigenvalue weighted by Crippen LogP contribution is 2.31. The Morgan fingerprint density at radius 2 is 1.88 bits per heavy atom. The number of rotatable bonds is 5. The summed E-state index contributed by atoms with van der Waals surface area (Å²) in [7, 11) is -0.455. The van der Waals surface area contributed by atoms with E-state index in [-0.39, 0.29) is 34.5 Å². The van der Waals surface area contributed by atoms with Crippen LogP contribution in [0.4, 0.5) is 0 Å². The monoisotopic (exact) mass is 389 g/mol. The van der Waals surface area contributed by atoms with Crippen molar-refractivity contribution < 1.29 is 13.2 Å². The van der Waals surface area contributed by atoms with Crippen LogP contribution in [0.15, 0.2) is 29.2 Å². The van der Waals surface area contributed by atoms with Gasteiger partial charge < -0.3 is 10.6 Å². The molecule has 2 rings (SSSR count). The van der Waals surface area contributed by atoms with Crippen LogP contribution in [0, 0.1) is 5.41 Å². The number of hydrogen-bond donors (Lipinski definition) is 1. The maximum atomic E-state index is 12.7. The van der Waals surface area contributed by atoms with Gasteiger partial charge in [0.1, 0.15) is 0 Å². The first-order valence-corrected chi connectivity index (χ1v) is 9.56. The second-order valence-electron chi connectivity index (χ2n) is 7.10. The van der Waals surface area contributed by atoms with Crippen LogP contribution in [0.25, 0.3) is 0 Å². The molecule has 25 heavy (non-hydrogen) atoms. The molecule has 1 aromatic carbocycles. The van der Waals surface area contributed by atoms with Crippen molar-refractivity contribution in [3.05, 3.63) is 29.8 Å². The van der Waals surface area contributed by atoms with Crippen molar-refractivity contribution >= 4 is 28.3 Å². The zero-order valence-corrected chi connectivity index (χ0v) is 16.9. The quantitative estimate of drug-likeness (QED) is 0.830. The number of nitrogens with two attached hydrogens (primary N) is 1. The summed E-state index contributed by atoms with van der Waals surface area (Å²) in [6, 6.07) is 6.55. The van der Waals surface area contributed by atoms with Crippen LogP contribution in [0.1, 0.15) is 31.7 Å². The smallest absolute Gasteiger partial charge is 0.242 e. The minimum absolute atomic E-state index is 0. The van der Waals surface area contributed by atoms with Crippen LogP contribution < -0.4 is 5.73 Å². The molecular formula is C17H28ClN3O3S. The number of hydrogen-bond acceptors (Lipinski definition) is 4. The van der Waals surface area contributed by atoms with Crippen LogP contribution >= 0.6 is 12.4 Å². The molecule has 1 aliphatic rings. The molecule has 142 valence electrons. The van der Waals surface area contributed by atoms with Gasteiger partial charge in [0.15, 0.2) is 0 Å². The Balaban J connectivity index is 0.00000312. The molecular weight excluding hydrogens is 362 g/mol. The van der Waals surface area contributed by atoms with E-state index in [4.69, 9.17) is 5.73 Å². The summed E-state index contributed by atoms with van der Waals surface area (Å²) in [5, 5.41) is 0. The predicted molar refractivity (Wildman–Crippen MR) is 101 cm³/mol. The van der Waals surface area contributed by atoms with E-state index in [9.17, 15) is 13.2 Å². The third-order valence-electron chi connectivity index (χ3n) is 4.89. The van der Waals surface area contributed by atoms with Crippen molar-refractivity contribution in [2.75, 3.05) is 33.7 Å². The molecule has 0 aliphatic carbocycles. The molecule has 0 radical (unpaired) electrons. The van der Waals surface area contributed by atoms with Crippen LogP contribution in [0.3, 0.4) is 0 Å². The van der Waals surface area contributed by atoms with Gasteiger partial charge in [0.25, 0.3) is 0 Å². The highest BCUT2D eigenvalue weighted by Gasteiger charge is 2.36. The predicted octanol–water partition coefficient (Wildman–Crippen LogP) is 1.66. The molecule has 1 aliphatic heterocycles. The topological polar surface area (TPSA) is 83.7 Å². The molecule has 8 heteroatoms. The average Bonchev–Trinajstić information content (AvgIpc) is 2.96. The number of sulfonamides is 1. The van der Waals surface area contributed by atoms with Gasteiger partial charge >= 0.3 is 0 Å². The molecule has 1 saturated heterocycles. The molecule has 1 aromatic rings. The lowest BCUT2D eigenvalue weighted by Gasteiger charge is -2.25. The van der Waals surface area contributed by atoms with Crippen molar-refractivity contribution in [3.8, 4) is 0 Å². The number of nitrogens with zero attached hydrogens (tertiary/aromatic N) is 2. The SMILES string of the molecule is CC(C(=O)N1CCC(C)(CN)C1)c1ccc(S(=O)(=O)N(C)C)cc1.Cl. The van der Waals surface area contributed by atoms with Crippen LogP contribution in [0.5, 0.6) is 0 Å². The van der Waals surface area contributed by atoms with E-state index in [0.29, 0.717) is 13.1 Å². The summed E-state index contributed by atoms with van der Waals surface area (Å²) in [6.45, 7) is 5.94. The lowest BCUT2D eigenvalue weighted by atomic mass is 9.90. The summed E-state index contributed by atoms with van der Waals surface area (Å²) >= 11 is 0.